The van der Waals surface area contributed by atoms with Crippen LogP contribution in [0.4, 0.5) is 0 Å². The van der Waals surface area contributed by atoms with E-state index in [1.165, 1.54) is 29.5 Å². The van der Waals surface area contributed by atoms with E-state index in [-0.39, 0.29) is 0 Å². The molecule has 144 valence electrons. The maximum atomic E-state index is 10.4. The van der Waals surface area contributed by atoms with Crippen molar-refractivity contribution in [1.29, 1.82) is 0 Å². The molecule has 0 aromatic heterocycles. The SMILES string of the molecule is OC(COc1ccc(CNCC2CC2)cc1)CN1CCc2ccccc2C1. The number of β-amino-alcohol motifs (C(OH)–C–C–N with tert-alkyl or cyclic N) is 1. The standard InChI is InChI=1S/C23H30N2O2/c26-22(16-25-12-11-20-3-1-2-4-21(20)15-25)17-27-23-9-7-19(8-10-23)14-24-13-18-5-6-18/h1-4,7-10,18,22,24,26H,5-6,11-17H2. The number of aliphatic hydroxyl groups is 1. The highest BCUT2D eigenvalue weighted by Gasteiger charge is 2.20. The number of aliphatic hydroxyl groups excluding tert-OH is 1. The molecule has 1 atom stereocenters. The molecule has 1 fully saturated rings. The van der Waals surface area contributed by atoms with Gasteiger partial charge in [0.1, 0.15) is 18.5 Å². The largest absolute Gasteiger partial charge is 0.491 e. The Kier molecular flexibility index (Phi) is 6.07. The molecule has 27 heavy (non-hydrogen) atoms. The summed E-state index contributed by atoms with van der Waals surface area (Å²) in [6.07, 6.45) is 3.34. The highest BCUT2D eigenvalue weighted by molar-refractivity contribution is 5.29. The van der Waals surface area contributed by atoms with Gasteiger partial charge < -0.3 is 15.2 Å². The van der Waals surface area contributed by atoms with Gasteiger partial charge in [0.05, 0.1) is 0 Å². The van der Waals surface area contributed by atoms with Gasteiger partial charge in [-0.05, 0) is 60.5 Å². The van der Waals surface area contributed by atoms with E-state index in [0.717, 1.165) is 44.3 Å². The van der Waals surface area contributed by atoms with Crippen LogP contribution in [-0.2, 0) is 19.5 Å². The molecule has 0 bridgehead atoms. The summed E-state index contributed by atoms with van der Waals surface area (Å²) in [5.74, 6) is 1.73. The number of nitrogens with one attached hydrogen (secondary N) is 1. The zero-order chi connectivity index (χ0) is 18.5. The minimum atomic E-state index is -0.477. The van der Waals surface area contributed by atoms with Crippen molar-refractivity contribution in [2.75, 3.05) is 26.2 Å². The Labute approximate surface area is 162 Å². The van der Waals surface area contributed by atoms with Gasteiger partial charge in [-0.3, -0.25) is 4.90 Å². The molecule has 0 spiro atoms. The van der Waals surface area contributed by atoms with Crippen molar-refractivity contribution in [3.63, 3.8) is 0 Å². The summed E-state index contributed by atoms with van der Waals surface area (Å²) in [6.45, 7) is 4.93. The molecule has 1 unspecified atom stereocenters. The molecule has 4 rings (SSSR count). The Balaban J connectivity index is 1.18. The maximum Gasteiger partial charge on any atom is 0.119 e. The first-order chi connectivity index (χ1) is 13.3. The lowest BCUT2D eigenvalue weighted by atomic mass is 10.00. The number of nitrogens with zero attached hydrogens (tertiary/aromatic N) is 1. The molecule has 1 heterocycles. The lowest BCUT2D eigenvalue weighted by molar-refractivity contribution is 0.0638. The third kappa shape index (κ3) is 5.55. The first kappa shape index (κ1) is 18.5. The van der Waals surface area contributed by atoms with Crippen LogP contribution in [0, 0.1) is 5.92 Å². The lowest BCUT2D eigenvalue weighted by Gasteiger charge is -2.30. The van der Waals surface area contributed by atoms with E-state index in [4.69, 9.17) is 4.74 Å². The Bertz CT molecular complexity index is 727. The number of fused-ring (bicyclic) bond motifs is 1. The lowest BCUT2D eigenvalue weighted by Crippen LogP contribution is -2.38. The molecule has 2 aliphatic rings. The third-order valence-electron chi connectivity index (χ3n) is 5.50. The number of hydrogen-bond donors (Lipinski definition) is 2. The van der Waals surface area contributed by atoms with Crippen molar-refractivity contribution in [2.45, 2.75) is 38.5 Å². The fraction of sp³-hybridized carbons (Fsp3) is 0.478. The predicted octanol–water partition coefficient (Wildman–Crippen LogP) is 2.98. The van der Waals surface area contributed by atoms with Gasteiger partial charge in [-0.25, -0.2) is 0 Å². The third-order valence-corrected chi connectivity index (χ3v) is 5.50. The first-order valence-corrected chi connectivity index (χ1v) is 10.2. The molecular weight excluding hydrogens is 336 g/mol. The van der Waals surface area contributed by atoms with Crippen molar-refractivity contribution >= 4 is 0 Å². The smallest absolute Gasteiger partial charge is 0.119 e. The van der Waals surface area contributed by atoms with Gasteiger partial charge >= 0.3 is 0 Å². The van der Waals surface area contributed by atoms with E-state index in [1.807, 2.05) is 12.1 Å². The number of ether oxygens (including phenoxy) is 1. The van der Waals surface area contributed by atoms with E-state index >= 15 is 0 Å². The monoisotopic (exact) mass is 366 g/mol. The fourth-order valence-corrected chi connectivity index (χ4v) is 3.70. The molecule has 1 aliphatic carbocycles. The quantitative estimate of drug-likeness (QED) is 0.716. The van der Waals surface area contributed by atoms with Crippen LogP contribution in [0.25, 0.3) is 0 Å². The summed E-state index contributed by atoms with van der Waals surface area (Å²) < 4.78 is 5.79. The summed E-state index contributed by atoms with van der Waals surface area (Å²) in [6, 6.07) is 16.8. The number of benzene rings is 2. The summed E-state index contributed by atoms with van der Waals surface area (Å²) in [4.78, 5) is 2.31. The summed E-state index contributed by atoms with van der Waals surface area (Å²) in [5, 5.41) is 13.9. The topological polar surface area (TPSA) is 44.7 Å². The van der Waals surface area contributed by atoms with Gasteiger partial charge in [0.2, 0.25) is 0 Å². The second-order valence-electron chi connectivity index (χ2n) is 7.94. The zero-order valence-corrected chi connectivity index (χ0v) is 15.9. The van der Waals surface area contributed by atoms with Crippen molar-refractivity contribution < 1.29 is 9.84 Å². The molecule has 1 aliphatic heterocycles. The van der Waals surface area contributed by atoms with Crippen LogP contribution in [0.2, 0.25) is 0 Å². The Morgan fingerprint density at radius 2 is 1.85 bits per heavy atom. The van der Waals surface area contributed by atoms with E-state index in [2.05, 4.69) is 46.6 Å². The van der Waals surface area contributed by atoms with Crippen LogP contribution in [0.1, 0.15) is 29.5 Å². The Morgan fingerprint density at radius 3 is 2.63 bits per heavy atom. The Morgan fingerprint density at radius 1 is 1.07 bits per heavy atom. The summed E-state index contributed by atoms with van der Waals surface area (Å²) >= 11 is 0. The van der Waals surface area contributed by atoms with Crippen molar-refractivity contribution in [1.82, 2.24) is 10.2 Å². The van der Waals surface area contributed by atoms with Crippen LogP contribution in [0.15, 0.2) is 48.5 Å². The molecule has 2 aromatic rings. The second-order valence-corrected chi connectivity index (χ2v) is 7.94. The minimum Gasteiger partial charge on any atom is -0.491 e. The molecule has 1 saturated carbocycles. The highest BCUT2D eigenvalue weighted by atomic mass is 16.5. The summed E-state index contributed by atoms with van der Waals surface area (Å²) in [5.41, 5.74) is 4.09. The van der Waals surface area contributed by atoms with E-state index in [0.29, 0.717) is 13.2 Å². The number of rotatable bonds is 9. The van der Waals surface area contributed by atoms with E-state index in [1.54, 1.807) is 0 Å². The molecular formula is C23H30N2O2. The van der Waals surface area contributed by atoms with E-state index in [9.17, 15) is 5.11 Å². The van der Waals surface area contributed by atoms with Crippen molar-refractivity contribution in [3.05, 3.63) is 65.2 Å². The highest BCUT2D eigenvalue weighted by Crippen LogP contribution is 2.27. The molecule has 4 heteroatoms. The van der Waals surface area contributed by atoms with Crippen LogP contribution < -0.4 is 10.1 Å². The van der Waals surface area contributed by atoms with Crippen LogP contribution in [0.3, 0.4) is 0 Å². The van der Waals surface area contributed by atoms with Crippen molar-refractivity contribution in [2.24, 2.45) is 5.92 Å². The van der Waals surface area contributed by atoms with Gasteiger partial charge in [-0.1, -0.05) is 36.4 Å². The normalized spacial score (nSPS) is 18.1. The predicted molar refractivity (Wildman–Crippen MR) is 108 cm³/mol. The van der Waals surface area contributed by atoms with Crippen LogP contribution in [-0.4, -0.2) is 42.4 Å². The fourth-order valence-electron chi connectivity index (χ4n) is 3.70. The average molecular weight is 367 g/mol. The maximum absolute atomic E-state index is 10.4. The molecule has 2 N–H and O–H groups in total. The first-order valence-electron chi connectivity index (χ1n) is 10.2. The van der Waals surface area contributed by atoms with Gasteiger partial charge in [-0.2, -0.15) is 0 Å². The second kappa shape index (κ2) is 8.87. The zero-order valence-electron chi connectivity index (χ0n) is 15.9. The minimum absolute atomic E-state index is 0.331. The van der Waals surface area contributed by atoms with E-state index < -0.39 is 6.10 Å². The molecule has 0 saturated heterocycles. The van der Waals surface area contributed by atoms with Crippen molar-refractivity contribution in [3.8, 4) is 5.75 Å². The Hall–Kier alpha value is -1.88. The summed E-state index contributed by atoms with van der Waals surface area (Å²) in [7, 11) is 0. The van der Waals surface area contributed by atoms with Gasteiger partial charge in [0, 0.05) is 26.2 Å². The molecule has 0 amide bonds. The number of hydrogen-bond acceptors (Lipinski definition) is 4. The van der Waals surface area contributed by atoms with Gasteiger partial charge in [-0.15, -0.1) is 0 Å². The van der Waals surface area contributed by atoms with Gasteiger partial charge in [0.15, 0.2) is 0 Å². The van der Waals surface area contributed by atoms with Crippen LogP contribution >= 0.6 is 0 Å². The molecule has 4 nitrogen and oxygen atoms in total. The molecule has 2 aromatic carbocycles. The average Bonchev–Trinajstić information content (AvgIpc) is 3.52. The molecule has 0 radical (unpaired) electrons. The van der Waals surface area contributed by atoms with Crippen LogP contribution in [0.5, 0.6) is 5.75 Å². The van der Waals surface area contributed by atoms with Gasteiger partial charge in [0.25, 0.3) is 0 Å².